The van der Waals surface area contributed by atoms with Gasteiger partial charge in [0.25, 0.3) is 10.2 Å². The van der Waals surface area contributed by atoms with Gasteiger partial charge in [-0.25, -0.2) is 0 Å². The van der Waals surface area contributed by atoms with Crippen LogP contribution >= 0.6 is 0 Å². The number of piperidine rings is 1. The largest absolute Gasteiger partial charge is 0.468 e. The van der Waals surface area contributed by atoms with Crippen molar-refractivity contribution in [1.82, 2.24) is 9.03 Å². The summed E-state index contributed by atoms with van der Waals surface area (Å²) >= 11 is 0. The van der Waals surface area contributed by atoms with Gasteiger partial charge in [0.1, 0.15) is 6.04 Å². The first-order valence-electron chi connectivity index (χ1n) is 5.32. The Kier molecular flexibility index (Phi) is 4.69. The van der Waals surface area contributed by atoms with E-state index in [1.807, 2.05) is 0 Å². The van der Waals surface area contributed by atoms with E-state index in [1.54, 1.807) is 0 Å². The second-order valence-corrected chi connectivity index (χ2v) is 5.53. The highest BCUT2D eigenvalue weighted by Crippen LogP contribution is 2.12. The van der Waals surface area contributed by atoms with E-state index in [4.69, 9.17) is 0 Å². The topological polar surface area (TPSA) is 75.7 Å². The summed E-state index contributed by atoms with van der Waals surface area (Å²) in [5, 5.41) is 0. The molecule has 94 valence electrons. The van der Waals surface area contributed by atoms with Crippen LogP contribution in [0.3, 0.4) is 0 Å². The lowest BCUT2D eigenvalue weighted by Gasteiger charge is -2.26. The maximum atomic E-state index is 11.8. The molecule has 6 nitrogen and oxygen atoms in total. The predicted molar refractivity (Wildman–Crippen MR) is 59.0 cm³/mol. The van der Waals surface area contributed by atoms with Gasteiger partial charge < -0.3 is 4.74 Å². The quantitative estimate of drug-likeness (QED) is 0.705. The molecule has 0 aromatic heterocycles. The Morgan fingerprint density at radius 2 is 1.88 bits per heavy atom. The van der Waals surface area contributed by atoms with E-state index in [9.17, 15) is 13.2 Å². The van der Waals surface area contributed by atoms with E-state index < -0.39 is 22.2 Å². The Bertz CT molecular complexity index is 335. The molecule has 0 saturated carbocycles. The summed E-state index contributed by atoms with van der Waals surface area (Å²) in [7, 11) is -2.32. The third kappa shape index (κ3) is 3.43. The fourth-order valence-electron chi connectivity index (χ4n) is 1.63. The van der Waals surface area contributed by atoms with E-state index in [2.05, 4.69) is 9.46 Å². The summed E-state index contributed by atoms with van der Waals surface area (Å²) in [5.74, 6) is -0.583. The third-order valence-electron chi connectivity index (χ3n) is 2.54. The van der Waals surface area contributed by atoms with Gasteiger partial charge in [-0.05, 0) is 19.8 Å². The van der Waals surface area contributed by atoms with Crippen molar-refractivity contribution < 1.29 is 17.9 Å². The summed E-state index contributed by atoms with van der Waals surface area (Å²) < 4.78 is 31.8. The number of methoxy groups -OCH3 is 1. The monoisotopic (exact) mass is 250 g/mol. The molecule has 1 unspecified atom stereocenters. The molecule has 1 rings (SSSR count). The first-order valence-corrected chi connectivity index (χ1v) is 6.76. The number of nitrogens with zero attached hydrogens (tertiary/aromatic N) is 1. The van der Waals surface area contributed by atoms with Gasteiger partial charge in [0, 0.05) is 13.1 Å². The maximum absolute atomic E-state index is 11.8. The minimum atomic E-state index is -3.56. The molecule has 0 bridgehead atoms. The van der Waals surface area contributed by atoms with Crippen LogP contribution in [0.4, 0.5) is 0 Å². The Hall–Kier alpha value is -0.660. The summed E-state index contributed by atoms with van der Waals surface area (Å²) in [6, 6.07) is -0.850. The molecule has 1 N–H and O–H groups in total. The Morgan fingerprint density at radius 1 is 1.31 bits per heavy atom. The van der Waals surface area contributed by atoms with Crippen LogP contribution in [0.1, 0.15) is 26.2 Å². The van der Waals surface area contributed by atoms with Crippen molar-refractivity contribution in [2.24, 2.45) is 0 Å². The van der Waals surface area contributed by atoms with E-state index in [0.29, 0.717) is 13.1 Å². The molecule has 0 radical (unpaired) electrons. The molecule has 1 fully saturated rings. The van der Waals surface area contributed by atoms with Gasteiger partial charge in [0.05, 0.1) is 7.11 Å². The molecular weight excluding hydrogens is 232 g/mol. The van der Waals surface area contributed by atoms with Gasteiger partial charge in [-0.15, -0.1) is 0 Å². The summed E-state index contributed by atoms with van der Waals surface area (Å²) in [6.45, 7) is 2.50. The van der Waals surface area contributed by atoms with E-state index >= 15 is 0 Å². The van der Waals surface area contributed by atoms with Crippen LogP contribution < -0.4 is 4.72 Å². The maximum Gasteiger partial charge on any atom is 0.323 e. The van der Waals surface area contributed by atoms with E-state index in [0.717, 1.165) is 19.3 Å². The molecule has 16 heavy (non-hydrogen) atoms. The van der Waals surface area contributed by atoms with Gasteiger partial charge in [-0.1, -0.05) is 6.42 Å². The Labute approximate surface area is 96.1 Å². The number of carbonyl (C=O) groups is 1. The summed E-state index contributed by atoms with van der Waals surface area (Å²) in [6.07, 6.45) is 2.79. The zero-order valence-corrected chi connectivity index (χ0v) is 10.4. The number of carbonyl (C=O) groups excluding carboxylic acids is 1. The predicted octanol–water partition coefficient (Wildman–Crippen LogP) is -0.132. The minimum Gasteiger partial charge on any atom is -0.468 e. The first kappa shape index (κ1) is 13.4. The third-order valence-corrected chi connectivity index (χ3v) is 4.23. The van der Waals surface area contributed by atoms with Crippen LogP contribution in [0.25, 0.3) is 0 Å². The van der Waals surface area contributed by atoms with E-state index in [1.165, 1.54) is 18.3 Å². The van der Waals surface area contributed by atoms with E-state index in [-0.39, 0.29) is 0 Å². The van der Waals surface area contributed by atoms with Crippen molar-refractivity contribution in [3.05, 3.63) is 0 Å². The average Bonchev–Trinajstić information content (AvgIpc) is 2.28. The average molecular weight is 250 g/mol. The molecule has 1 aliphatic heterocycles. The highest BCUT2D eigenvalue weighted by molar-refractivity contribution is 7.87. The molecule has 0 amide bonds. The van der Waals surface area contributed by atoms with Gasteiger partial charge in [0.15, 0.2) is 0 Å². The molecule has 1 aliphatic rings. The van der Waals surface area contributed by atoms with Crippen LogP contribution in [-0.2, 0) is 19.7 Å². The number of esters is 1. The van der Waals surface area contributed by atoms with Crippen molar-refractivity contribution in [3.63, 3.8) is 0 Å². The molecule has 0 aromatic carbocycles. The van der Waals surface area contributed by atoms with Crippen LogP contribution in [0, 0.1) is 0 Å². The molecule has 1 saturated heterocycles. The minimum absolute atomic E-state index is 0.517. The van der Waals surface area contributed by atoms with Crippen molar-refractivity contribution >= 4 is 16.2 Å². The lowest BCUT2D eigenvalue weighted by atomic mass is 10.2. The van der Waals surface area contributed by atoms with Gasteiger partial charge >= 0.3 is 5.97 Å². The van der Waals surface area contributed by atoms with Crippen molar-refractivity contribution in [2.45, 2.75) is 32.2 Å². The molecule has 0 spiro atoms. The Balaban J connectivity index is 2.60. The second kappa shape index (κ2) is 5.60. The lowest BCUT2D eigenvalue weighted by Crippen LogP contribution is -2.48. The zero-order chi connectivity index (χ0) is 12.2. The smallest absolute Gasteiger partial charge is 0.323 e. The van der Waals surface area contributed by atoms with Crippen molar-refractivity contribution in [1.29, 1.82) is 0 Å². The molecule has 0 aliphatic carbocycles. The van der Waals surface area contributed by atoms with Crippen molar-refractivity contribution in [3.8, 4) is 0 Å². The number of nitrogens with one attached hydrogen (secondary N) is 1. The highest BCUT2D eigenvalue weighted by Gasteiger charge is 2.27. The lowest BCUT2D eigenvalue weighted by molar-refractivity contribution is -0.142. The van der Waals surface area contributed by atoms with Crippen molar-refractivity contribution in [2.75, 3.05) is 20.2 Å². The van der Waals surface area contributed by atoms with Gasteiger partial charge in [0.2, 0.25) is 0 Å². The Morgan fingerprint density at radius 3 is 2.38 bits per heavy atom. The van der Waals surface area contributed by atoms with Crippen LogP contribution in [0.2, 0.25) is 0 Å². The summed E-state index contributed by atoms with van der Waals surface area (Å²) in [5.41, 5.74) is 0. The van der Waals surface area contributed by atoms with Crippen LogP contribution in [0.15, 0.2) is 0 Å². The molecule has 1 atom stereocenters. The number of hydrogen-bond donors (Lipinski definition) is 1. The molecule has 0 aromatic rings. The fraction of sp³-hybridized carbons (Fsp3) is 0.889. The standard InChI is InChI=1S/C9H18N2O4S/c1-8(9(12)15-2)10-16(13,14)11-6-4-3-5-7-11/h8,10H,3-7H2,1-2H3. The highest BCUT2D eigenvalue weighted by atomic mass is 32.2. The first-order chi connectivity index (χ1) is 7.47. The SMILES string of the molecule is COC(=O)C(C)NS(=O)(=O)N1CCCCC1. The molecular formula is C9H18N2O4S. The summed E-state index contributed by atoms with van der Waals surface area (Å²) in [4.78, 5) is 11.1. The normalized spacial score (nSPS) is 20.4. The molecule has 1 heterocycles. The second-order valence-electron chi connectivity index (χ2n) is 3.83. The number of ether oxygens (including phenoxy) is 1. The molecule has 7 heteroatoms. The number of hydrogen-bond acceptors (Lipinski definition) is 4. The number of rotatable bonds is 4. The fourth-order valence-corrected chi connectivity index (χ4v) is 3.06. The van der Waals surface area contributed by atoms with Crippen LogP contribution in [-0.4, -0.2) is 44.9 Å². The van der Waals surface area contributed by atoms with Gasteiger partial charge in [-0.2, -0.15) is 17.4 Å². The zero-order valence-electron chi connectivity index (χ0n) is 9.60. The van der Waals surface area contributed by atoms with Crippen LogP contribution in [0.5, 0.6) is 0 Å². The van der Waals surface area contributed by atoms with Gasteiger partial charge in [-0.3, -0.25) is 4.79 Å².